The van der Waals surface area contributed by atoms with Crippen molar-refractivity contribution < 1.29 is 5.11 Å². The predicted molar refractivity (Wildman–Crippen MR) is 42.1 cm³/mol. The maximum atomic E-state index is 8.50. The van der Waals surface area contributed by atoms with Gasteiger partial charge in [0.15, 0.2) is 0 Å². The van der Waals surface area contributed by atoms with Crippen LogP contribution in [0.1, 0.15) is 18.7 Å². The van der Waals surface area contributed by atoms with E-state index >= 15 is 0 Å². The molecule has 11 heavy (non-hydrogen) atoms. The monoisotopic (exact) mass is 152 g/mol. The molecular formula is C8H12N2O. The summed E-state index contributed by atoms with van der Waals surface area (Å²) in [4.78, 5) is 8.12. The van der Waals surface area contributed by atoms with Crippen LogP contribution in [-0.2, 0) is 6.42 Å². The van der Waals surface area contributed by atoms with Gasteiger partial charge in [0.1, 0.15) is 5.82 Å². The van der Waals surface area contributed by atoms with Gasteiger partial charge in [-0.2, -0.15) is 0 Å². The van der Waals surface area contributed by atoms with Crippen molar-refractivity contribution in [3.8, 4) is 0 Å². The summed E-state index contributed by atoms with van der Waals surface area (Å²) in [6.07, 6.45) is 6.13. The van der Waals surface area contributed by atoms with Crippen LogP contribution in [0.5, 0.6) is 0 Å². The molecule has 1 aromatic rings. The molecule has 1 rings (SSSR count). The maximum Gasteiger partial charge on any atom is 0.128 e. The van der Waals surface area contributed by atoms with Gasteiger partial charge in [-0.15, -0.1) is 0 Å². The lowest BCUT2D eigenvalue weighted by Gasteiger charge is -1.95. The van der Waals surface area contributed by atoms with E-state index in [0.717, 1.165) is 25.1 Å². The van der Waals surface area contributed by atoms with Crippen LogP contribution >= 0.6 is 0 Å². The molecule has 60 valence electrons. The molecule has 0 unspecified atom stereocenters. The zero-order valence-electron chi connectivity index (χ0n) is 6.40. The van der Waals surface area contributed by atoms with Crippen LogP contribution in [0.4, 0.5) is 0 Å². The molecule has 0 aliphatic carbocycles. The standard InChI is InChI=1S/C8H12N2O/c11-7-2-1-4-8-9-5-3-6-10-8/h3,5-6,11H,1-2,4,7H2. The van der Waals surface area contributed by atoms with Crippen LogP contribution in [0.25, 0.3) is 0 Å². The first-order valence-corrected chi connectivity index (χ1v) is 3.80. The minimum atomic E-state index is 0.257. The Morgan fingerprint density at radius 2 is 1.91 bits per heavy atom. The minimum Gasteiger partial charge on any atom is -0.396 e. The molecule has 1 heterocycles. The van der Waals surface area contributed by atoms with Crippen LogP contribution in [0.2, 0.25) is 0 Å². The Morgan fingerprint density at radius 1 is 1.18 bits per heavy atom. The highest BCUT2D eigenvalue weighted by molar-refractivity contribution is 4.88. The van der Waals surface area contributed by atoms with E-state index in [2.05, 4.69) is 9.97 Å². The average molecular weight is 152 g/mol. The quantitative estimate of drug-likeness (QED) is 0.649. The van der Waals surface area contributed by atoms with Crippen LogP contribution in [0.15, 0.2) is 18.5 Å². The zero-order valence-corrected chi connectivity index (χ0v) is 6.40. The Morgan fingerprint density at radius 3 is 2.55 bits per heavy atom. The van der Waals surface area contributed by atoms with Gasteiger partial charge in [0.2, 0.25) is 0 Å². The SMILES string of the molecule is OCCCCc1ncccn1. The van der Waals surface area contributed by atoms with E-state index in [-0.39, 0.29) is 6.61 Å². The summed E-state index contributed by atoms with van der Waals surface area (Å²) in [5.74, 6) is 0.862. The molecule has 0 bridgehead atoms. The molecule has 0 fully saturated rings. The zero-order chi connectivity index (χ0) is 7.94. The molecule has 0 aliphatic heterocycles. The molecule has 0 amide bonds. The molecule has 1 aromatic heterocycles. The third-order valence-electron chi connectivity index (χ3n) is 1.43. The van der Waals surface area contributed by atoms with Crippen molar-refractivity contribution >= 4 is 0 Å². The van der Waals surface area contributed by atoms with Crippen molar-refractivity contribution in [2.24, 2.45) is 0 Å². The van der Waals surface area contributed by atoms with Gasteiger partial charge in [-0.3, -0.25) is 0 Å². The summed E-state index contributed by atoms with van der Waals surface area (Å²) >= 11 is 0. The van der Waals surface area contributed by atoms with Gasteiger partial charge in [0.25, 0.3) is 0 Å². The van der Waals surface area contributed by atoms with Crippen molar-refractivity contribution in [3.63, 3.8) is 0 Å². The second-order valence-corrected chi connectivity index (χ2v) is 2.35. The topological polar surface area (TPSA) is 46.0 Å². The van der Waals surface area contributed by atoms with Gasteiger partial charge < -0.3 is 5.11 Å². The van der Waals surface area contributed by atoms with Crippen molar-refractivity contribution in [3.05, 3.63) is 24.3 Å². The van der Waals surface area contributed by atoms with Crippen molar-refractivity contribution in [1.82, 2.24) is 9.97 Å². The molecule has 3 heteroatoms. The molecular weight excluding hydrogens is 140 g/mol. The summed E-state index contributed by atoms with van der Waals surface area (Å²) in [5.41, 5.74) is 0. The predicted octanol–water partition coefficient (Wildman–Crippen LogP) is 0.792. The van der Waals surface area contributed by atoms with Crippen LogP contribution in [-0.4, -0.2) is 21.7 Å². The highest BCUT2D eigenvalue weighted by Crippen LogP contribution is 1.96. The molecule has 0 saturated carbocycles. The Kier molecular flexibility index (Phi) is 3.55. The van der Waals surface area contributed by atoms with Crippen molar-refractivity contribution in [1.29, 1.82) is 0 Å². The first-order chi connectivity index (χ1) is 5.43. The first kappa shape index (κ1) is 8.14. The minimum absolute atomic E-state index is 0.257. The van der Waals surface area contributed by atoms with E-state index in [4.69, 9.17) is 5.11 Å². The molecule has 0 radical (unpaired) electrons. The summed E-state index contributed by atoms with van der Waals surface area (Å²) in [6, 6.07) is 1.80. The van der Waals surface area contributed by atoms with Gasteiger partial charge in [0, 0.05) is 25.4 Å². The van der Waals surface area contributed by atoms with Crippen LogP contribution in [0, 0.1) is 0 Å². The number of aryl methyl sites for hydroxylation is 1. The summed E-state index contributed by atoms with van der Waals surface area (Å²) < 4.78 is 0. The summed E-state index contributed by atoms with van der Waals surface area (Å²) in [6.45, 7) is 0.257. The third-order valence-corrected chi connectivity index (χ3v) is 1.43. The Bertz CT molecular complexity index is 189. The largest absolute Gasteiger partial charge is 0.396 e. The van der Waals surface area contributed by atoms with Gasteiger partial charge in [-0.25, -0.2) is 9.97 Å². The first-order valence-electron chi connectivity index (χ1n) is 3.80. The van der Waals surface area contributed by atoms with E-state index in [0.29, 0.717) is 0 Å². The van der Waals surface area contributed by atoms with Gasteiger partial charge >= 0.3 is 0 Å². The van der Waals surface area contributed by atoms with E-state index < -0.39 is 0 Å². The van der Waals surface area contributed by atoms with E-state index in [1.807, 2.05) is 0 Å². The van der Waals surface area contributed by atoms with Gasteiger partial charge in [-0.1, -0.05) is 0 Å². The molecule has 0 saturated heterocycles. The molecule has 0 aromatic carbocycles. The smallest absolute Gasteiger partial charge is 0.128 e. The number of aromatic nitrogens is 2. The molecule has 1 N–H and O–H groups in total. The molecule has 0 spiro atoms. The molecule has 3 nitrogen and oxygen atoms in total. The Balaban J connectivity index is 2.28. The highest BCUT2D eigenvalue weighted by Gasteiger charge is 1.92. The van der Waals surface area contributed by atoms with E-state index in [9.17, 15) is 0 Å². The molecule has 0 atom stereocenters. The van der Waals surface area contributed by atoms with Gasteiger partial charge in [-0.05, 0) is 18.9 Å². The summed E-state index contributed by atoms with van der Waals surface area (Å²) in [7, 11) is 0. The van der Waals surface area contributed by atoms with Crippen molar-refractivity contribution in [2.45, 2.75) is 19.3 Å². The summed E-state index contributed by atoms with van der Waals surface area (Å²) in [5, 5.41) is 8.50. The number of hydrogen-bond donors (Lipinski definition) is 1. The number of aliphatic hydroxyl groups excluding tert-OH is 1. The Labute approximate surface area is 66.1 Å². The third kappa shape index (κ3) is 3.09. The van der Waals surface area contributed by atoms with Crippen LogP contribution in [0.3, 0.4) is 0 Å². The normalized spacial score (nSPS) is 9.91. The number of unbranched alkanes of at least 4 members (excludes halogenated alkanes) is 1. The Hall–Kier alpha value is -0.960. The fourth-order valence-electron chi connectivity index (χ4n) is 0.854. The number of rotatable bonds is 4. The lowest BCUT2D eigenvalue weighted by Crippen LogP contribution is -1.94. The van der Waals surface area contributed by atoms with E-state index in [1.54, 1.807) is 18.5 Å². The maximum absolute atomic E-state index is 8.50. The van der Waals surface area contributed by atoms with Gasteiger partial charge in [0.05, 0.1) is 0 Å². The lowest BCUT2D eigenvalue weighted by atomic mass is 10.2. The highest BCUT2D eigenvalue weighted by atomic mass is 16.2. The molecule has 0 aliphatic rings. The average Bonchev–Trinajstić information content (AvgIpc) is 2.07. The van der Waals surface area contributed by atoms with E-state index in [1.165, 1.54) is 0 Å². The van der Waals surface area contributed by atoms with Crippen LogP contribution < -0.4 is 0 Å². The number of aliphatic hydroxyl groups is 1. The second kappa shape index (κ2) is 4.79. The fourth-order valence-corrected chi connectivity index (χ4v) is 0.854. The lowest BCUT2D eigenvalue weighted by molar-refractivity contribution is 0.284. The fraction of sp³-hybridized carbons (Fsp3) is 0.500. The second-order valence-electron chi connectivity index (χ2n) is 2.35. The number of nitrogens with zero attached hydrogens (tertiary/aromatic N) is 2. The van der Waals surface area contributed by atoms with Crippen molar-refractivity contribution in [2.75, 3.05) is 6.61 Å². The number of hydrogen-bond acceptors (Lipinski definition) is 3.